The van der Waals surface area contributed by atoms with Crippen molar-refractivity contribution in [2.24, 2.45) is 0 Å². The smallest absolute Gasteiger partial charge is 0.258 e. The average molecular weight is 351 g/mol. The predicted molar refractivity (Wildman–Crippen MR) is 89.7 cm³/mol. The summed E-state index contributed by atoms with van der Waals surface area (Å²) >= 11 is 6.34. The minimum absolute atomic E-state index is 0.164. The number of carbonyl (C=O) groups is 1. The summed E-state index contributed by atoms with van der Waals surface area (Å²) in [6, 6.07) is 6.65. The minimum Gasteiger partial charge on any atom is -0.309 e. The molecule has 2 aromatic carbocycles. The first-order chi connectivity index (χ1) is 10.9. The molecule has 7 heteroatoms. The summed E-state index contributed by atoms with van der Waals surface area (Å²) < 4.78 is 27.4. The molecule has 2 aliphatic rings. The zero-order valence-corrected chi connectivity index (χ0v) is 14.1. The van der Waals surface area contributed by atoms with Crippen LogP contribution in [0, 0.1) is 0 Å². The largest absolute Gasteiger partial charge is 0.309 e. The molecule has 0 bridgehead atoms. The summed E-state index contributed by atoms with van der Waals surface area (Å²) in [5, 5.41) is 1.48. The lowest BCUT2D eigenvalue weighted by atomic mass is 10.1. The number of hydrogen-bond donors (Lipinski definition) is 0. The zero-order valence-electron chi connectivity index (χ0n) is 12.5. The summed E-state index contributed by atoms with van der Waals surface area (Å²) in [6.45, 7) is 1.06. The van der Waals surface area contributed by atoms with Gasteiger partial charge in [0.15, 0.2) is 0 Å². The van der Waals surface area contributed by atoms with Crippen LogP contribution in [0.2, 0.25) is 5.02 Å². The first-order valence-electron chi connectivity index (χ1n) is 7.46. The van der Waals surface area contributed by atoms with E-state index in [1.165, 1.54) is 15.3 Å². The second-order valence-electron chi connectivity index (χ2n) is 5.91. The number of sulfonamides is 1. The SMILES string of the molecule is CN1C(=O)c2cccc3c(S(=O)(=O)N4CCCC4)cc(Cl)c1c23. The van der Waals surface area contributed by atoms with Crippen LogP contribution >= 0.6 is 11.6 Å². The van der Waals surface area contributed by atoms with E-state index in [-0.39, 0.29) is 15.8 Å². The van der Waals surface area contributed by atoms with Crippen LogP contribution in [0.3, 0.4) is 0 Å². The number of rotatable bonds is 2. The van der Waals surface area contributed by atoms with Gasteiger partial charge in [0.1, 0.15) is 0 Å². The topological polar surface area (TPSA) is 57.7 Å². The van der Waals surface area contributed by atoms with Gasteiger partial charge >= 0.3 is 0 Å². The van der Waals surface area contributed by atoms with Gasteiger partial charge in [0.25, 0.3) is 5.91 Å². The normalized spacial score (nSPS) is 18.3. The van der Waals surface area contributed by atoms with E-state index in [0.717, 1.165) is 12.8 Å². The third-order valence-electron chi connectivity index (χ3n) is 4.60. The first-order valence-corrected chi connectivity index (χ1v) is 9.28. The summed E-state index contributed by atoms with van der Waals surface area (Å²) in [5.74, 6) is -0.164. The van der Waals surface area contributed by atoms with E-state index in [1.807, 2.05) is 0 Å². The average Bonchev–Trinajstić information content (AvgIpc) is 3.14. The maximum Gasteiger partial charge on any atom is 0.258 e. The highest BCUT2D eigenvalue weighted by Crippen LogP contribution is 2.44. The van der Waals surface area contributed by atoms with Gasteiger partial charge in [-0.15, -0.1) is 0 Å². The van der Waals surface area contributed by atoms with Crippen LogP contribution in [-0.2, 0) is 10.0 Å². The summed E-state index contributed by atoms with van der Waals surface area (Å²) in [7, 11) is -1.96. The molecule has 4 rings (SSSR count). The van der Waals surface area contributed by atoms with E-state index in [4.69, 9.17) is 11.6 Å². The molecule has 0 unspecified atom stereocenters. The number of carbonyl (C=O) groups excluding carboxylic acids is 1. The third-order valence-corrected chi connectivity index (χ3v) is 6.83. The fourth-order valence-electron chi connectivity index (χ4n) is 3.46. The second-order valence-corrected chi connectivity index (χ2v) is 8.22. The van der Waals surface area contributed by atoms with E-state index in [9.17, 15) is 13.2 Å². The van der Waals surface area contributed by atoms with E-state index >= 15 is 0 Å². The van der Waals surface area contributed by atoms with Crippen LogP contribution in [0.15, 0.2) is 29.2 Å². The van der Waals surface area contributed by atoms with E-state index < -0.39 is 10.0 Å². The van der Waals surface area contributed by atoms with E-state index in [0.29, 0.717) is 35.1 Å². The highest BCUT2D eigenvalue weighted by molar-refractivity contribution is 7.89. The summed E-state index contributed by atoms with van der Waals surface area (Å²) in [6.07, 6.45) is 1.74. The van der Waals surface area contributed by atoms with Crippen LogP contribution < -0.4 is 4.90 Å². The molecule has 1 fully saturated rings. The Labute approximate surface area is 139 Å². The molecule has 2 aromatic rings. The number of benzene rings is 2. The molecule has 1 saturated heterocycles. The van der Waals surface area contributed by atoms with E-state index in [2.05, 4.69) is 0 Å². The predicted octanol–water partition coefficient (Wildman–Crippen LogP) is 2.87. The van der Waals surface area contributed by atoms with Crippen molar-refractivity contribution in [3.8, 4) is 0 Å². The van der Waals surface area contributed by atoms with Gasteiger partial charge in [0.2, 0.25) is 10.0 Å². The lowest BCUT2D eigenvalue weighted by molar-refractivity contribution is 0.0999. The van der Waals surface area contributed by atoms with Gasteiger partial charge in [-0.05, 0) is 25.0 Å². The van der Waals surface area contributed by atoms with Gasteiger partial charge in [-0.1, -0.05) is 23.7 Å². The number of nitrogens with zero attached hydrogens (tertiary/aromatic N) is 2. The molecule has 0 spiro atoms. The lowest BCUT2D eigenvalue weighted by Crippen LogP contribution is -2.28. The van der Waals surface area contributed by atoms with Gasteiger partial charge in [-0.2, -0.15) is 4.31 Å². The molecule has 0 saturated carbocycles. The minimum atomic E-state index is -3.61. The van der Waals surface area contributed by atoms with Gasteiger partial charge in [0.05, 0.1) is 15.6 Å². The van der Waals surface area contributed by atoms with Crippen molar-refractivity contribution in [3.05, 3.63) is 34.9 Å². The zero-order chi connectivity index (χ0) is 16.4. The van der Waals surface area contributed by atoms with Crippen LogP contribution in [-0.4, -0.2) is 38.8 Å². The van der Waals surface area contributed by atoms with Crippen molar-refractivity contribution >= 4 is 44.0 Å². The Hall–Kier alpha value is -1.63. The van der Waals surface area contributed by atoms with Crippen molar-refractivity contribution in [2.45, 2.75) is 17.7 Å². The molecule has 0 atom stereocenters. The maximum absolute atomic E-state index is 13.0. The molecule has 5 nitrogen and oxygen atoms in total. The maximum atomic E-state index is 13.0. The lowest BCUT2D eigenvalue weighted by Gasteiger charge is -2.19. The van der Waals surface area contributed by atoms with Crippen molar-refractivity contribution in [2.75, 3.05) is 25.0 Å². The Balaban J connectivity index is 2.06. The quantitative estimate of drug-likeness (QED) is 0.836. The Morgan fingerprint density at radius 1 is 1.17 bits per heavy atom. The van der Waals surface area contributed by atoms with Gasteiger partial charge in [-0.25, -0.2) is 8.42 Å². The van der Waals surface area contributed by atoms with Crippen LogP contribution in [0.25, 0.3) is 10.8 Å². The fraction of sp³-hybridized carbons (Fsp3) is 0.312. The second kappa shape index (κ2) is 4.93. The number of anilines is 1. The highest BCUT2D eigenvalue weighted by Gasteiger charge is 2.35. The molecule has 0 aromatic heterocycles. The van der Waals surface area contributed by atoms with E-state index in [1.54, 1.807) is 25.2 Å². The molecule has 0 N–H and O–H groups in total. The molecule has 2 aliphatic heterocycles. The molecular weight excluding hydrogens is 336 g/mol. The Kier molecular flexibility index (Phi) is 3.20. The number of halogens is 1. The monoisotopic (exact) mass is 350 g/mol. The van der Waals surface area contributed by atoms with Crippen LogP contribution in [0.5, 0.6) is 0 Å². The van der Waals surface area contributed by atoms with Crippen LogP contribution in [0.1, 0.15) is 23.2 Å². The van der Waals surface area contributed by atoms with Gasteiger partial charge < -0.3 is 4.90 Å². The third kappa shape index (κ3) is 1.95. The van der Waals surface area contributed by atoms with Crippen molar-refractivity contribution in [1.29, 1.82) is 0 Å². The number of amides is 1. The molecule has 2 heterocycles. The van der Waals surface area contributed by atoms with Gasteiger partial charge in [-0.3, -0.25) is 4.79 Å². The molecular formula is C16H15ClN2O3S. The van der Waals surface area contributed by atoms with Gasteiger partial charge in [0, 0.05) is 36.5 Å². The van der Waals surface area contributed by atoms with Crippen molar-refractivity contribution in [1.82, 2.24) is 4.31 Å². The Morgan fingerprint density at radius 2 is 1.87 bits per heavy atom. The Bertz CT molecular complexity index is 949. The molecule has 0 aliphatic carbocycles. The summed E-state index contributed by atoms with van der Waals surface area (Å²) in [4.78, 5) is 14.0. The molecule has 120 valence electrons. The number of hydrogen-bond acceptors (Lipinski definition) is 3. The molecule has 23 heavy (non-hydrogen) atoms. The van der Waals surface area contributed by atoms with Crippen molar-refractivity contribution < 1.29 is 13.2 Å². The van der Waals surface area contributed by atoms with Crippen LogP contribution in [0.4, 0.5) is 5.69 Å². The fourth-order valence-corrected chi connectivity index (χ4v) is 5.59. The Morgan fingerprint density at radius 3 is 2.57 bits per heavy atom. The summed E-state index contributed by atoms with van der Waals surface area (Å²) in [5.41, 5.74) is 1.09. The molecule has 0 radical (unpaired) electrons. The standard InChI is InChI=1S/C16H15ClN2O3S/c1-18-15-12(17)9-13(23(21,22)19-7-2-3-8-19)10-5-4-6-11(14(10)15)16(18)20/h4-6,9H,2-3,7-8H2,1H3. The van der Waals surface area contributed by atoms with Crippen molar-refractivity contribution in [3.63, 3.8) is 0 Å². The molecule has 1 amide bonds. The first kappa shape index (κ1) is 14.9. The highest BCUT2D eigenvalue weighted by atomic mass is 35.5.